The van der Waals surface area contributed by atoms with E-state index in [1.165, 1.54) is 22.8 Å². The van der Waals surface area contributed by atoms with Crippen molar-refractivity contribution in [1.82, 2.24) is 14.9 Å². The van der Waals surface area contributed by atoms with Gasteiger partial charge in [0.25, 0.3) is 0 Å². The zero-order valence-corrected chi connectivity index (χ0v) is 21.7. The molecule has 3 aromatic rings. The molecule has 0 aliphatic carbocycles. The Kier molecular flexibility index (Phi) is 6.97. The van der Waals surface area contributed by atoms with E-state index in [0.717, 1.165) is 11.0 Å². The Morgan fingerprint density at radius 3 is 2.41 bits per heavy atom. The summed E-state index contributed by atoms with van der Waals surface area (Å²) >= 11 is 0. The number of rotatable bonds is 4. The highest BCUT2D eigenvalue weighted by atomic mass is 32.2. The van der Waals surface area contributed by atoms with E-state index in [2.05, 4.69) is 10.3 Å². The van der Waals surface area contributed by atoms with Gasteiger partial charge >= 0.3 is 11.9 Å². The predicted octanol–water partition coefficient (Wildman–Crippen LogP) is 4.44. The van der Waals surface area contributed by atoms with Gasteiger partial charge in [0.1, 0.15) is 11.6 Å². The van der Waals surface area contributed by atoms with Gasteiger partial charge < -0.3 is 15.0 Å². The second-order valence-electron chi connectivity index (χ2n) is 10.0. The normalized spacial score (nSPS) is 25.3. The molecule has 1 fully saturated rings. The summed E-state index contributed by atoms with van der Waals surface area (Å²) in [4.78, 5) is 20.9. The lowest BCUT2D eigenvalue weighted by Crippen LogP contribution is -2.55. The van der Waals surface area contributed by atoms with Crippen LogP contribution in [-0.4, -0.2) is 54.2 Å². The average molecular weight is 539 g/mol. The maximum absolute atomic E-state index is 14.2. The number of halogens is 4. The summed E-state index contributed by atoms with van der Waals surface area (Å²) in [5, 5.41) is 3.73. The minimum atomic E-state index is -4.59. The van der Waals surface area contributed by atoms with Gasteiger partial charge in [-0.1, -0.05) is 0 Å². The number of nitrogens with one attached hydrogen (secondary N) is 1. The van der Waals surface area contributed by atoms with E-state index in [1.54, 1.807) is 19.2 Å². The third kappa shape index (κ3) is 5.08. The molecule has 0 radical (unpaired) electrons. The Bertz CT molecular complexity index is 1350. The molecule has 2 unspecified atom stereocenters. The van der Waals surface area contributed by atoms with E-state index in [1.807, 2.05) is 18.7 Å². The number of hydrogen-bond donors (Lipinski definition) is 2. The number of ether oxygens (including phenoxy) is 1. The van der Waals surface area contributed by atoms with E-state index >= 15 is 0 Å². The third-order valence-corrected chi connectivity index (χ3v) is 9.66. The highest BCUT2D eigenvalue weighted by molar-refractivity contribution is 8.17. The second kappa shape index (κ2) is 9.92. The van der Waals surface area contributed by atoms with E-state index in [0.29, 0.717) is 41.2 Å². The maximum atomic E-state index is 14.2. The number of alkyl halides is 3. The van der Waals surface area contributed by atoms with Crippen molar-refractivity contribution in [1.29, 1.82) is 0 Å². The standard InChI is InChI=1S/C26H30F4N4O2S/c1-15-10-33(11-16(2)31-15)24-21-8-18(26(28,29)30)9-22-23(21)34(25(35)32-24)12-17(13-36-3)14-37(22)20-6-4-19(27)5-7-20/h4-9,15-17,31,37H,10-14H2,1-3H3/t15-,16+,17?. The van der Waals surface area contributed by atoms with E-state index < -0.39 is 34.1 Å². The smallest absolute Gasteiger partial charge is 0.384 e. The molecule has 2 aliphatic rings. The van der Waals surface area contributed by atoms with Crippen LogP contribution in [0.3, 0.4) is 0 Å². The van der Waals surface area contributed by atoms with Gasteiger partial charge in [0.05, 0.1) is 17.7 Å². The summed E-state index contributed by atoms with van der Waals surface area (Å²) < 4.78 is 63.4. The molecule has 200 valence electrons. The summed E-state index contributed by atoms with van der Waals surface area (Å²) in [6, 6.07) is 8.37. The van der Waals surface area contributed by atoms with Crippen molar-refractivity contribution >= 4 is 27.6 Å². The van der Waals surface area contributed by atoms with Crippen molar-refractivity contribution in [3.63, 3.8) is 0 Å². The first-order chi connectivity index (χ1) is 17.5. The Hall–Kier alpha value is -2.63. The highest BCUT2D eigenvalue weighted by Crippen LogP contribution is 2.52. The number of benzene rings is 2. The topological polar surface area (TPSA) is 59.4 Å². The minimum Gasteiger partial charge on any atom is -0.384 e. The molecule has 0 amide bonds. The number of anilines is 1. The first-order valence-electron chi connectivity index (χ1n) is 12.2. The zero-order valence-electron chi connectivity index (χ0n) is 20.8. The third-order valence-electron chi connectivity index (χ3n) is 6.93. The van der Waals surface area contributed by atoms with Crippen LogP contribution in [0.15, 0.2) is 51.0 Å². The molecule has 1 saturated heterocycles. The summed E-state index contributed by atoms with van der Waals surface area (Å²) in [5.41, 5.74) is -0.783. The molecular formula is C26H30F4N4O2S. The van der Waals surface area contributed by atoms with Gasteiger partial charge in [-0.2, -0.15) is 29.1 Å². The molecule has 4 atom stereocenters. The average Bonchev–Trinajstić information content (AvgIpc) is 2.99. The molecule has 0 spiro atoms. The van der Waals surface area contributed by atoms with Crippen molar-refractivity contribution in [2.45, 2.75) is 48.4 Å². The first kappa shape index (κ1) is 26.0. The Balaban J connectivity index is 1.83. The zero-order chi connectivity index (χ0) is 26.5. The number of thiol groups is 1. The van der Waals surface area contributed by atoms with Crippen LogP contribution in [0, 0.1) is 11.7 Å². The maximum Gasteiger partial charge on any atom is 0.416 e. The molecule has 37 heavy (non-hydrogen) atoms. The Labute approximate surface area is 215 Å². The van der Waals surface area contributed by atoms with Crippen LogP contribution < -0.4 is 15.9 Å². The number of piperazine rings is 1. The van der Waals surface area contributed by atoms with Gasteiger partial charge in [-0.3, -0.25) is 4.57 Å². The largest absolute Gasteiger partial charge is 0.416 e. The minimum absolute atomic E-state index is 0.0754. The van der Waals surface area contributed by atoms with Crippen LogP contribution in [0.5, 0.6) is 0 Å². The van der Waals surface area contributed by atoms with Crippen molar-refractivity contribution in [3.8, 4) is 0 Å². The second-order valence-corrected chi connectivity index (χ2v) is 12.2. The van der Waals surface area contributed by atoms with Crippen LogP contribution >= 0.6 is 10.9 Å². The van der Waals surface area contributed by atoms with E-state index in [4.69, 9.17) is 4.74 Å². The summed E-state index contributed by atoms with van der Waals surface area (Å²) in [7, 11) is 0.212. The molecule has 1 aromatic heterocycles. The molecule has 2 aliphatic heterocycles. The number of methoxy groups -OCH3 is 1. The monoisotopic (exact) mass is 538 g/mol. The van der Waals surface area contributed by atoms with Gasteiger partial charge in [-0.15, -0.1) is 0 Å². The van der Waals surface area contributed by atoms with E-state index in [9.17, 15) is 22.4 Å². The van der Waals surface area contributed by atoms with Gasteiger partial charge in [0.15, 0.2) is 0 Å². The first-order valence-corrected chi connectivity index (χ1v) is 13.8. The molecule has 5 rings (SSSR count). The fourth-order valence-corrected chi connectivity index (χ4v) is 8.26. The summed E-state index contributed by atoms with van der Waals surface area (Å²) in [6.07, 6.45) is -4.59. The SMILES string of the molecule is COCC1Cn2c(=O)nc(N3C[C@@H](C)N[C@@H](C)C3)c3cc(C(F)(F)F)cc(c32)[SH](c2ccc(F)cc2)C1. The van der Waals surface area contributed by atoms with Crippen LogP contribution in [-0.2, 0) is 17.5 Å². The quantitative estimate of drug-likeness (QED) is 0.380. The lowest BCUT2D eigenvalue weighted by Gasteiger charge is -2.37. The van der Waals surface area contributed by atoms with E-state index in [-0.39, 0.29) is 30.4 Å². The van der Waals surface area contributed by atoms with Gasteiger partial charge in [0, 0.05) is 55.0 Å². The Morgan fingerprint density at radius 1 is 1.11 bits per heavy atom. The molecule has 6 nitrogen and oxygen atoms in total. The molecule has 0 saturated carbocycles. The van der Waals surface area contributed by atoms with Crippen LogP contribution in [0.1, 0.15) is 19.4 Å². The summed E-state index contributed by atoms with van der Waals surface area (Å²) in [5.74, 6) is 0.239. The van der Waals surface area contributed by atoms with Crippen LogP contribution in [0.25, 0.3) is 10.9 Å². The number of aromatic nitrogens is 2. The molecule has 1 N–H and O–H groups in total. The van der Waals surface area contributed by atoms with Crippen molar-refractivity contribution in [2.75, 3.05) is 37.5 Å². The summed E-state index contributed by atoms with van der Waals surface area (Å²) in [6.45, 7) is 5.64. The van der Waals surface area contributed by atoms with Crippen molar-refractivity contribution in [2.24, 2.45) is 5.92 Å². The lowest BCUT2D eigenvalue weighted by molar-refractivity contribution is -0.137. The fraction of sp³-hybridized carbons (Fsp3) is 0.462. The molecule has 3 heterocycles. The van der Waals surface area contributed by atoms with Gasteiger partial charge in [-0.05, 0) is 60.9 Å². The fourth-order valence-electron chi connectivity index (χ4n) is 5.54. The van der Waals surface area contributed by atoms with Crippen molar-refractivity contribution < 1.29 is 22.3 Å². The molecule has 0 bridgehead atoms. The van der Waals surface area contributed by atoms with Crippen molar-refractivity contribution in [3.05, 3.63) is 58.3 Å². The molecule has 2 aromatic carbocycles. The van der Waals surface area contributed by atoms with Gasteiger partial charge in [-0.25, -0.2) is 9.18 Å². The van der Waals surface area contributed by atoms with Gasteiger partial charge in [0.2, 0.25) is 0 Å². The Morgan fingerprint density at radius 2 is 1.78 bits per heavy atom. The highest BCUT2D eigenvalue weighted by Gasteiger charge is 2.36. The number of hydrogen-bond acceptors (Lipinski definition) is 5. The van der Waals surface area contributed by atoms with Crippen LogP contribution in [0.4, 0.5) is 23.4 Å². The molecular weight excluding hydrogens is 508 g/mol. The number of nitrogens with zero attached hydrogens (tertiary/aromatic N) is 3. The predicted molar refractivity (Wildman–Crippen MR) is 137 cm³/mol. The van der Waals surface area contributed by atoms with Crippen LogP contribution in [0.2, 0.25) is 0 Å². The molecule has 11 heteroatoms. The lowest BCUT2D eigenvalue weighted by atomic mass is 10.1.